The minimum atomic E-state index is -0.700. The molecule has 3 aromatic rings. The minimum Gasteiger partial charge on any atom is -0.387 e. The van der Waals surface area contributed by atoms with Gasteiger partial charge in [-0.1, -0.05) is 36.4 Å². The van der Waals surface area contributed by atoms with Crippen LogP contribution in [0.15, 0.2) is 60.0 Å². The Balaban J connectivity index is 1.69. The lowest BCUT2D eigenvalue weighted by Gasteiger charge is -2.11. The Kier molecular flexibility index (Phi) is 3.99. The number of carbonyl (C=O) groups is 1. The third-order valence-corrected chi connectivity index (χ3v) is 4.34. The first-order chi connectivity index (χ1) is 10.3. The molecule has 0 bridgehead atoms. The van der Waals surface area contributed by atoms with Crippen LogP contribution in [-0.2, 0) is 0 Å². The lowest BCUT2D eigenvalue weighted by Crippen LogP contribution is -2.28. The monoisotopic (exact) mass is 297 g/mol. The molecule has 2 N–H and O–H groups in total. The van der Waals surface area contributed by atoms with Crippen LogP contribution in [0.2, 0.25) is 0 Å². The Morgan fingerprint density at radius 1 is 1.10 bits per heavy atom. The predicted octanol–water partition coefficient (Wildman–Crippen LogP) is 3.36. The highest BCUT2D eigenvalue weighted by Gasteiger charge is 2.14. The smallest absolute Gasteiger partial charge is 0.251 e. The number of hydrogen-bond donors (Lipinski definition) is 2. The number of fused-ring (bicyclic) bond motifs is 1. The summed E-state index contributed by atoms with van der Waals surface area (Å²) >= 11 is 1.60. The van der Waals surface area contributed by atoms with Crippen molar-refractivity contribution in [3.8, 4) is 0 Å². The molecule has 0 aliphatic heterocycles. The van der Waals surface area contributed by atoms with Crippen molar-refractivity contribution in [3.63, 3.8) is 0 Å². The van der Waals surface area contributed by atoms with Gasteiger partial charge in [0.05, 0.1) is 6.10 Å². The number of amides is 1. The fourth-order valence-electron chi connectivity index (χ4n) is 2.25. The van der Waals surface area contributed by atoms with Gasteiger partial charge in [0.25, 0.3) is 5.91 Å². The molecule has 106 valence electrons. The highest BCUT2D eigenvalue weighted by molar-refractivity contribution is 7.17. The topological polar surface area (TPSA) is 49.3 Å². The number of hydrogen-bond acceptors (Lipinski definition) is 3. The molecule has 1 atom stereocenters. The van der Waals surface area contributed by atoms with Gasteiger partial charge in [-0.25, -0.2) is 0 Å². The van der Waals surface area contributed by atoms with E-state index in [2.05, 4.69) is 5.32 Å². The van der Waals surface area contributed by atoms with E-state index < -0.39 is 6.10 Å². The van der Waals surface area contributed by atoms with Gasteiger partial charge in [0, 0.05) is 22.4 Å². The van der Waals surface area contributed by atoms with Gasteiger partial charge in [0.15, 0.2) is 0 Å². The van der Waals surface area contributed by atoms with Gasteiger partial charge >= 0.3 is 0 Å². The van der Waals surface area contributed by atoms with E-state index in [-0.39, 0.29) is 12.5 Å². The van der Waals surface area contributed by atoms with E-state index in [4.69, 9.17) is 0 Å². The maximum Gasteiger partial charge on any atom is 0.251 e. The molecule has 1 heterocycles. The first-order valence-electron chi connectivity index (χ1n) is 6.73. The molecule has 2 aromatic carbocycles. The number of rotatable bonds is 4. The van der Waals surface area contributed by atoms with Crippen LogP contribution >= 0.6 is 11.3 Å². The number of carbonyl (C=O) groups excluding carboxylic acids is 1. The quantitative estimate of drug-likeness (QED) is 0.775. The minimum absolute atomic E-state index is 0.172. The second kappa shape index (κ2) is 6.08. The zero-order chi connectivity index (χ0) is 14.7. The molecule has 1 amide bonds. The second-order valence-corrected chi connectivity index (χ2v) is 5.69. The van der Waals surface area contributed by atoms with E-state index >= 15 is 0 Å². The fourth-order valence-corrected chi connectivity index (χ4v) is 3.26. The van der Waals surface area contributed by atoms with Gasteiger partial charge in [-0.2, -0.15) is 0 Å². The van der Waals surface area contributed by atoms with Crippen molar-refractivity contribution < 1.29 is 9.90 Å². The Morgan fingerprint density at radius 2 is 1.81 bits per heavy atom. The molecule has 0 saturated carbocycles. The highest BCUT2D eigenvalue weighted by atomic mass is 32.1. The van der Waals surface area contributed by atoms with Gasteiger partial charge in [-0.15, -0.1) is 11.3 Å². The summed E-state index contributed by atoms with van der Waals surface area (Å²) in [4.78, 5) is 12.0. The lowest BCUT2D eigenvalue weighted by molar-refractivity contribution is 0.0917. The highest BCUT2D eigenvalue weighted by Crippen LogP contribution is 2.29. The molecule has 0 radical (unpaired) electrons. The van der Waals surface area contributed by atoms with Crippen molar-refractivity contribution in [3.05, 3.63) is 71.1 Å². The molecule has 3 nitrogen and oxygen atoms in total. The molecule has 0 aliphatic carbocycles. The van der Waals surface area contributed by atoms with Crippen LogP contribution in [0.5, 0.6) is 0 Å². The van der Waals surface area contributed by atoms with Crippen LogP contribution in [0.4, 0.5) is 0 Å². The Labute approximate surface area is 126 Å². The maximum absolute atomic E-state index is 12.0. The normalized spacial score (nSPS) is 12.2. The number of nitrogens with one attached hydrogen (secondary N) is 1. The molecule has 4 heteroatoms. The van der Waals surface area contributed by atoms with E-state index in [9.17, 15) is 9.90 Å². The lowest BCUT2D eigenvalue weighted by atomic mass is 10.1. The summed E-state index contributed by atoms with van der Waals surface area (Å²) < 4.78 is 1.14. The first kappa shape index (κ1) is 13.8. The third kappa shape index (κ3) is 2.96. The predicted molar refractivity (Wildman–Crippen MR) is 85.6 cm³/mol. The number of benzene rings is 2. The number of aliphatic hydroxyl groups excluding tert-OH is 1. The molecule has 3 rings (SSSR count). The number of aliphatic hydroxyl groups is 1. The van der Waals surface area contributed by atoms with Crippen molar-refractivity contribution in [1.29, 1.82) is 0 Å². The standard InChI is InChI=1S/C17H15NO2S/c19-15(10-18-17(20)12-6-2-1-3-7-12)14-11-21-16-9-5-4-8-13(14)16/h1-9,11,15,19H,10H2,(H,18,20). The summed E-state index contributed by atoms with van der Waals surface area (Å²) in [7, 11) is 0. The van der Waals surface area contributed by atoms with Gasteiger partial charge in [-0.05, 0) is 29.0 Å². The summed E-state index contributed by atoms with van der Waals surface area (Å²) in [6.45, 7) is 0.203. The first-order valence-corrected chi connectivity index (χ1v) is 7.61. The molecular weight excluding hydrogens is 282 g/mol. The summed E-state index contributed by atoms with van der Waals surface area (Å²) in [5.41, 5.74) is 1.46. The van der Waals surface area contributed by atoms with Crippen molar-refractivity contribution in [2.24, 2.45) is 0 Å². The summed E-state index contributed by atoms with van der Waals surface area (Å²) in [6, 6.07) is 16.9. The largest absolute Gasteiger partial charge is 0.387 e. The molecule has 0 spiro atoms. The fraction of sp³-hybridized carbons (Fsp3) is 0.118. The molecule has 1 unspecified atom stereocenters. The number of thiophene rings is 1. The zero-order valence-corrected chi connectivity index (χ0v) is 12.1. The van der Waals surface area contributed by atoms with Crippen LogP contribution in [0.3, 0.4) is 0 Å². The van der Waals surface area contributed by atoms with Gasteiger partial charge < -0.3 is 10.4 Å². The molecular formula is C17H15NO2S. The molecule has 21 heavy (non-hydrogen) atoms. The van der Waals surface area contributed by atoms with Gasteiger partial charge in [0.1, 0.15) is 0 Å². The zero-order valence-electron chi connectivity index (χ0n) is 11.3. The average Bonchev–Trinajstić information content (AvgIpc) is 2.97. The Bertz CT molecular complexity index is 752. The molecule has 0 aliphatic rings. The van der Waals surface area contributed by atoms with E-state index in [0.29, 0.717) is 5.56 Å². The molecule has 1 aromatic heterocycles. The van der Waals surface area contributed by atoms with Crippen molar-refractivity contribution in [2.45, 2.75) is 6.10 Å². The third-order valence-electron chi connectivity index (χ3n) is 3.36. The molecule has 0 fully saturated rings. The van der Waals surface area contributed by atoms with Crippen molar-refractivity contribution in [2.75, 3.05) is 6.54 Å². The van der Waals surface area contributed by atoms with E-state index in [0.717, 1.165) is 15.6 Å². The van der Waals surface area contributed by atoms with Gasteiger partial charge in [-0.3, -0.25) is 4.79 Å². The van der Waals surface area contributed by atoms with Crippen LogP contribution in [0, 0.1) is 0 Å². The van der Waals surface area contributed by atoms with E-state index in [1.165, 1.54) is 0 Å². The summed E-state index contributed by atoms with van der Waals surface area (Å²) in [5.74, 6) is -0.172. The SMILES string of the molecule is O=C(NCC(O)c1csc2ccccc12)c1ccccc1. The maximum atomic E-state index is 12.0. The Morgan fingerprint density at radius 3 is 2.62 bits per heavy atom. The van der Waals surface area contributed by atoms with E-state index in [1.54, 1.807) is 23.5 Å². The molecule has 0 saturated heterocycles. The average molecular weight is 297 g/mol. The van der Waals surface area contributed by atoms with Crippen LogP contribution in [0.1, 0.15) is 22.0 Å². The van der Waals surface area contributed by atoms with Gasteiger partial charge in [0.2, 0.25) is 0 Å². The van der Waals surface area contributed by atoms with E-state index in [1.807, 2.05) is 47.8 Å². The van der Waals surface area contributed by atoms with Crippen molar-refractivity contribution >= 4 is 27.3 Å². The second-order valence-electron chi connectivity index (χ2n) is 4.78. The summed E-state index contributed by atoms with van der Waals surface area (Å²) in [6.07, 6.45) is -0.700. The summed E-state index contributed by atoms with van der Waals surface area (Å²) in [5, 5.41) is 16.1. The van der Waals surface area contributed by atoms with Crippen LogP contribution in [-0.4, -0.2) is 17.6 Å². The Hall–Kier alpha value is -2.17. The van der Waals surface area contributed by atoms with Crippen molar-refractivity contribution in [1.82, 2.24) is 5.32 Å². The van der Waals surface area contributed by atoms with Crippen LogP contribution in [0.25, 0.3) is 10.1 Å². The van der Waals surface area contributed by atoms with Crippen LogP contribution < -0.4 is 5.32 Å².